The number of hydrazone groups is 1. The number of nitrogens with zero attached hydrogens (tertiary/aromatic N) is 4. The number of aromatic carboxylic acids is 1. The smallest absolute Gasteiger partial charge is 0.341 e. The monoisotopic (exact) mass is 316 g/mol. The second-order valence-corrected chi connectivity index (χ2v) is 5.48. The van der Waals surface area contributed by atoms with Crippen molar-refractivity contribution in [2.45, 2.75) is 33.7 Å². The number of rotatable bonds is 5. The summed E-state index contributed by atoms with van der Waals surface area (Å²) in [6.07, 6.45) is 2.16. The molecule has 0 aliphatic rings. The van der Waals surface area contributed by atoms with Crippen LogP contribution in [0.3, 0.4) is 0 Å². The molecule has 1 N–H and O–H groups in total. The fourth-order valence-corrected chi connectivity index (χ4v) is 2.35. The predicted molar refractivity (Wildman–Crippen MR) is 90.4 cm³/mol. The van der Waals surface area contributed by atoms with Crippen LogP contribution in [0.25, 0.3) is 11.0 Å². The maximum Gasteiger partial charge on any atom is 0.341 e. The van der Waals surface area contributed by atoms with Gasteiger partial charge in [0.25, 0.3) is 0 Å². The summed E-state index contributed by atoms with van der Waals surface area (Å²) in [5.41, 5.74) is 0.588. The van der Waals surface area contributed by atoms with Crippen LogP contribution in [0, 0.1) is 0 Å². The van der Waals surface area contributed by atoms with E-state index in [-0.39, 0.29) is 5.56 Å². The number of carboxylic acid groups (broad SMARTS) is 1. The number of aryl methyl sites for hydroxylation is 1. The number of carbonyl (C=O) groups is 1. The average molecular weight is 316 g/mol. The summed E-state index contributed by atoms with van der Waals surface area (Å²) in [5, 5.41) is 15.4. The summed E-state index contributed by atoms with van der Waals surface area (Å²) < 4.78 is 1.71. The molecule has 7 heteroatoms. The minimum atomic E-state index is -1.23. The standard InChI is InChI=1S/C16H20N4O3/c1-5-8-20-9-12(16(22)23)14(21)11-6-7-13(17-15(11)20)19(4)18-10(2)3/h6-7,9H,5,8H2,1-4H3,(H,22,23). The van der Waals surface area contributed by atoms with Crippen LogP contribution in [0.1, 0.15) is 37.6 Å². The van der Waals surface area contributed by atoms with Crippen molar-refractivity contribution in [1.82, 2.24) is 9.55 Å². The number of hydrogen-bond donors (Lipinski definition) is 1. The first kappa shape index (κ1) is 16.7. The van der Waals surface area contributed by atoms with Crippen LogP contribution in [-0.2, 0) is 6.54 Å². The molecular weight excluding hydrogens is 296 g/mol. The molecule has 0 bridgehead atoms. The maximum atomic E-state index is 12.3. The van der Waals surface area contributed by atoms with Crippen LogP contribution in [0.2, 0.25) is 0 Å². The van der Waals surface area contributed by atoms with Gasteiger partial charge in [0.2, 0.25) is 5.43 Å². The summed E-state index contributed by atoms with van der Waals surface area (Å²) in [7, 11) is 1.77. The van der Waals surface area contributed by atoms with Crippen LogP contribution in [0.5, 0.6) is 0 Å². The van der Waals surface area contributed by atoms with E-state index in [1.807, 2.05) is 20.8 Å². The van der Waals surface area contributed by atoms with Crippen LogP contribution < -0.4 is 10.4 Å². The number of anilines is 1. The third-order valence-electron chi connectivity index (χ3n) is 3.28. The van der Waals surface area contributed by atoms with E-state index in [1.54, 1.807) is 28.8 Å². The Hall–Kier alpha value is -2.70. The third kappa shape index (κ3) is 3.39. The van der Waals surface area contributed by atoms with E-state index in [9.17, 15) is 14.7 Å². The molecule has 0 saturated heterocycles. The first-order chi connectivity index (χ1) is 10.8. The van der Waals surface area contributed by atoms with Gasteiger partial charge in [-0.25, -0.2) is 9.78 Å². The predicted octanol–water partition coefficient (Wildman–Crippen LogP) is 2.34. The highest BCUT2D eigenvalue weighted by Gasteiger charge is 2.16. The second-order valence-electron chi connectivity index (χ2n) is 5.48. The van der Waals surface area contributed by atoms with Gasteiger partial charge in [-0.1, -0.05) is 6.92 Å². The maximum absolute atomic E-state index is 12.3. The fourth-order valence-electron chi connectivity index (χ4n) is 2.35. The largest absolute Gasteiger partial charge is 0.477 e. The summed E-state index contributed by atoms with van der Waals surface area (Å²) >= 11 is 0. The molecular formula is C16H20N4O3. The number of carboxylic acids is 1. The van der Waals surface area contributed by atoms with Gasteiger partial charge in [-0.05, 0) is 32.4 Å². The molecule has 0 radical (unpaired) electrons. The molecule has 122 valence electrons. The van der Waals surface area contributed by atoms with E-state index >= 15 is 0 Å². The quantitative estimate of drug-likeness (QED) is 0.675. The lowest BCUT2D eigenvalue weighted by Crippen LogP contribution is -2.20. The zero-order chi connectivity index (χ0) is 17.1. The number of fused-ring (bicyclic) bond motifs is 1. The average Bonchev–Trinajstić information content (AvgIpc) is 2.48. The van der Waals surface area contributed by atoms with Crippen LogP contribution in [0.15, 0.2) is 28.2 Å². The molecule has 23 heavy (non-hydrogen) atoms. The Labute approximate surface area is 133 Å². The van der Waals surface area contributed by atoms with E-state index in [0.29, 0.717) is 23.4 Å². The minimum Gasteiger partial charge on any atom is -0.477 e. The molecule has 2 rings (SSSR count). The highest BCUT2D eigenvalue weighted by molar-refractivity contribution is 5.92. The Morgan fingerprint density at radius 3 is 2.65 bits per heavy atom. The lowest BCUT2D eigenvalue weighted by atomic mass is 10.2. The van der Waals surface area contributed by atoms with Crippen molar-refractivity contribution in [2.75, 3.05) is 12.1 Å². The first-order valence-corrected chi connectivity index (χ1v) is 7.38. The Balaban J connectivity index is 2.72. The van der Waals surface area contributed by atoms with E-state index in [1.165, 1.54) is 6.20 Å². The Morgan fingerprint density at radius 2 is 2.09 bits per heavy atom. The topological polar surface area (TPSA) is 87.8 Å². The van der Waals surface area contributed by atoms with Crippen LogP contribution in [-0.4, -0.2) is 33.4 Å². The Morgan fingerprint density at radius 1 is 1.39 bits per heavy atom. The van der Waals surface area contributed by atoms with Crippen LogP contribution >= 0.6 is 0 Å². The van der Waals surface area contributed by atoms with Gasteiger partial charge in [0.05, 0.1) is 5.39 Å². The van der Waals surface area contributed by atoms with Gasteiger partial charge in [-0.3, -0.25) is 9.80 Å². The minimum absolute atomic E-state index is 0.240. The summed E-state index contributed by atoms with van der Waals surface area (Å²) in [6.45, 7) is 6.31. The molecule has 2 aromatic rings. The van der Waals surface area contributed by atoms with Crippen molar-refractivity contribution in [2.24, 2.45) is 5.10 Å². The van der Waals surface area contributed by atoms with Crippen molar-refractivity contribution in [3.63, 3.8) is 0 Å². The molecule has 0 amide bonds. The van der Waals surface area contributed by atoms with Gasteiger partial charge in [0.15, 0.2) is 5.82 Å². The van der Waals surface area contributed by atoms with E-state index < -0.39 is 11.4 Å². The molecule has 0 aliphatic carbocycles. The van der Waals surface area contributed by atoms with Gasteiger partial charge in [-0.2, -0.15) is 5.10 Å². The van der Waals surface area contributed by atoms with E-state index in [4.69, 9.17) is 0 Å². The summed E-state index contributed by atoms with van der Waals surface area (Å²) in [4.78, 5) is 28.1. The Kier molecular flexibility index (Phi) is 4.78. The molecule has 0 unspecified atom stereocenters. The molecule has 2 heterocycles. The number of pyridine rings is 2. The molecule has 0 saturated carbocycles. The molecule has 0 fully saturated rings. The highest BCUT2D eigenvalue weighted by Crippen LogP contribution is 2.17. The highest BCUT2D eigenvalue weighted by atomic mass is 16.4. The molecule has 0 spiro atoms. The van der Waals surface area contributed by atoms with E-state index in [0.717, 1.165) is 12.1 Å². The van der Waals surface area contributed by atoms with Crippen molar-refractivity contribution < 1.29 is 9.90 Å². The van der Waals surface area contributed by atoms with Gasteiger partial charge < -0.3 is 9.67 Å². The van der Waals surface area contributed by atoms with Gasteiger partial charge in [0.1, 0.15) is 11.2 Å². The molecule has 0 atom stereocenters. The van der Waals surface area contributed by atoms with E-state index in [2.05, 4.69) is 10.1 Å². The first-order valence-electron chi connectivity index (χ1n) is 7.38. The lowest BCUT2D eigenvalue weighted by molar-refractivity contribution is 0.0695. The summed E-state index contributed by atoms with van der Waals surface area (Å²) in [5.74, 6) is -0.639. The van der Waals surface area contributed by atoms with Crippen molar-refractivity contribution in [3.05, 3.63) is 34.1 Å². The van der Waals surface area contributed by atoms with Gasteiger partial charge >= 0.3 is 5.97 Å². The zero-order valence-electron chi connectivity index (χ0n) is 13.7. The Bertz CT molecular complexity index is 835. The van der Waals surface area contributed by atoms with Crippen molar-refractivity contribution in [3.8, 4) is 0 Å². The molecule has 7 nitrogen and oxygen atoms in total. The molecule has 2 aromatic heterocycles. The number of hydrogen-bond acceptors (Lipinski definition) is 5. The van der Waals surface area contributed by atoms with Gasteiger partial charge in [-0.15, -0.1) is 0 Å². The van der Waals surface area contributed by atoms with Crippen molar-refractivity contribution >= 4 is 28.5 Å². The van der Waals surface area contributed by atoms with Crippen molar-refractivity contribution in [1.29, 1.82) is 0 Å². The lowest BCUT2D eigenvalue weighted by Gasteiger charge is -2.15. The van der Waals surface area contributed by atoms with Gasteiger partial charge in [0, 0.05) is 25.5 Å². The third-order valence-corrected chi connectivity index (χ3v) is 3.28. The molecule has 0 aromatic carbocycles. The second kappa shape index (κ2) is 6.60. The SMILES string of the molecule is CCCn1cc(C(=O)O)c(=O)c2ccc(N(C)N=C(C)C)nc21. The zero-order valence-corrected chi connectivity index (χ0v) is 13.7. The number of aromatic nitrogens is 2. The fraction of sp³-hybridized carbons (Fsp3) is 0.375. The molecule has 0 aliphatic heterocycles. The van der Waals surface area contributed by atoms with Crippen LogP contribution in [0.4, 0.5) is 5.82 Å². The normalized spacial score (nSPS) is 10.6. The summed E-state index contributed by atoms with van der Waals surface area (Å²) in [6, 6.07) is 3.27.